The van der Waals surface area contributed by atoms with Crippen LogP contribution < -0.4 is 4.74 Å². The first-order chi connectivity index (χ1) is 16.6. The van der Waals surface area contributed by atoms with Gasteiger partial charge in [-0.05, 0) is 80.8 Å². The van der Waals surface area contributed by atoms with Crippen LogP contribution in [0.15, 0.2) is 53.4 Å². The van der Waals surface area contributed by atoms with Crippen molar-refractivity contribution in [2.24, 2.45) is 0 Å². The number of aromatic nitrogens is 1. The summed E-state index contributed by atoms with van der Waals surface area (Å²) in [7, 11) is -3.25. The van der Waals surface area contributed by atoms with Crippen molar-refractivity contribution >= 4 is 21.2 Å². The Morgan fingerprint density at radius 1 is 1.00 bits per heavy atom. The number of thiazole rings is 1. The summed E-state index contributed by atoms with van der Waals surface area (Å²) in [6.45, 7) is 9.04. The van der Waals surface area contributed by atoms with Crippen LogP contribution in [0, 0.1) is 0 Å². The number of hydrogen-bond donors (Lipinski definition) is 0. The largest absolute Gasteiger partial charge is 0.487 e. The van der Waals surface area contributed by atoms with Crippen molar-refractivity contribution in [3.8, 4) is 16.9 Å². The summed E-state index contributed by atoms with van der Waals surface area (Å²) in [6.07, 6.45) is 4.26. The minimum atomic E-state index is -3.25. The van der Waals surface area contributed by atoms with Crippen LogP contribution in [0.2, 0.25) is 0 Å². The zero-order valence-corrected chi connectivity index (χ0v) is 22.4. The Balaban J connectivity index is 1.25. The van der Waals surface area contributed by atoms with Gasteiger partial charge in [-0.1, -0.05) is 30.3 Å². The number of fused-ring (bicyclic) bond motifs is 1. The standard InChI is InChI=1S/C28H34N2O3S2/c1-27(2,3)30-14-12-28(13-15-30)11-10-24-16-23(8-9-26(24)33-28)22-6-4-21(5-7-22)18-35(31,32)19-25-17-34-20-29-25/h4-9,16-17,20H,10-15,18-19H2,1-3H3. The molecule has 0 N–H and O–H groups in total. The average Bonchev–Trinajstić information content (AvgIpc) is 3.31. The van der Waals surface area contributed by atoms with E-state index < -0.39 is 9.84 Å². The van der Waals surface area contributed by atoms with Crippen LogP contribution in [-0.2, 0) is 27.8 Å². The molecule has 186 valence electrons. The number of likely N-dealkylation sites (tertiary alicyclic amines) is 1. The normalized spacial score (nSPS) is 18.3. The van der Waals surface area contributed by atoms with Gasteiger partial charge in [-0.25, -0.2) is 13.4 Å². The zero-order chi connectivity index (χ0) is 24.7. The highest BCUT2D eigenvalue weighted by Gasteiger charge is 2.41. The van der Waals surface area contributed by atoms with E-state index in [1.807, 2.05) is 24.3 Å². The molecule has 0 unspecified atom stereocenters. The predicted molar refractivity (Wildman–Crippen MR) is 143 cm³/mol. The van der Waals surface area contributed by atoms with Gasteiger partial charge in [-0.15, -0.1) is 11.3 Å². The molecule has 1 fully saturated rings. The first-order valence-electron chi connectivity index (χ1n) is 12.3. The quantitative estimate of drug-likeness (QED) is 0.429. The van der Waals surface area contributed by atoms with E-state index in [1.165, 1.54) is 16.9 Å². The Morgan fingerprint density at radius 2 is 1.71 bits per heavy atom. The van der Waals surface area contributed by atoms with Crippen molar-refractivity contribution < 1.29 is 13.2 Å². The first kappa shape index (κ1) is 24.5. The molecular weight excluding hydrogens is 476 g/mol. The second-order valence-corrected chi connectivity index (χ2v) is 13.8. The maximum Gasteiger partial charge on any atom is 0.160 e. The van der Waals surface area contributed by atoms with E-state index in [0.29, 0.717) is 5.69 Å². The number of ether oxygens (including phenoxy) is 1. The molecule has 35 heavy (non-hydrogen) atoms. The van der Waals surface area contributed by atoms with Crippen LogP contribution in [0.5, 0.6) is 5.75 Å². The second kappa shape index (κ2) is 9.34. The van der Waals surface area contributed by atoms with E-state index in [1.54, 1.807) is 10.9 Å². The van der Waals surface area contributed by atoms with Gasteiger partial charge in [0.2, 0.25) is 0 Å². The third-order valence-electron chi connectivity index (χ3n) is 7.39. The Morgan fingerprint density at radius 3 is 2.37 bits per heavy atom. The van der Waals surface area contributed by atoms with Crippen LogP contribution in [0.4, 0.5) is 0 Å². The minimum Gasteiger partial charge on any atom is -0.487 e. The maximum atomic E-state index is 12.5. The molecule has 1 aromatic heterocycles. The van der Waals surface area contributed by atoms with Crippen molar-refractivity contribution in [1.82, 2.24) is 9.88 Å². The predicted octanol–water partition coefficient (Wildman–Crippen LogP) is 5.88. The first-order valence-corrected chi connectivity index (χ1v) is 15.1. The van der Waals surface area contributed by atoms with Crippen molar-refractivity contribution in [2.45, 2.75) is 69.1 Å². The van der Waals surface area contributed by atoms with Gasteiger partial charge < -0.3 is 4.74 Å². The van der Waals surface area contributed by atoms with Gasteiger partial charge in [0, 0.05) is 24.0 Å². The van der Waals surface area contributed by atoms with E-state index in [-0.39, 0.29) is 22.6 Å². The smallest absolute Gasteiger partial charge is 0.160 e. The zero-order valence-electron chi connectivity index (χ0n) is 20.8. The second-order valence-electron chi connectivity index (χ2n) is 11.0. The van der Waals surface area contributed by atoms with Crippen LogP contribution in [0.3, 0.4) is 0 Å². The topological polar surface area (TPSA) is 59.5 Å². The molecule has 0 amide bonds. The van der Waals surface area contributed by atoms with E-state index >= 15 is 0 Å². The van der Waals surface area contributed by atoms with Crippen LogP contribution in [-0.4, -0.2) is 42.5 Å². The van der Waals surface area contributed by atoms with Crippen molar-refractivity contribution in [2.75, 3.05) is 13.1 Å². The van der Waals surface area contributed by atoms with Crippen molar-refractivity contribution in [3.63, 3.8) is 0 Å². The molecule has 3 aromatic rings. The summed E-state index contributed by atoms with van der Waals surface area (Å²) in [4.78, 5) is 6.66. The third kappa shape index (κ3) is 5.63. The van der Waals surface area contributed by atoms with Gasteiger partial charge in [0.1, 0.15) is 11.4 Å². The third-order valence-corrected chi connectivity index (χ3v) is 9.53. The summed E-state index contributed by atoms with van der Waals surface area (Å²) < 4.78 is 31.7. The number of aryl methyl sites for hydroxylation is 1. The lowest BCUT2D eigenvalue weighted by molar-refractivity contribution is -0.0355. The van der Waals surface area contributed by atoms with Crippen molar-refractivity contribution in [3.05, 3.63) is 70.2 Å². The fraction of sp³-hybridized carbons (Fsp3) is 0.464. The molecule has 1 spiro atoms. The number of hydrogen-bond acceptors (Lipinski definition) is 6. The van der Waals surface area contributed by atoms with E-state index in [4.69, 9.17) is 4.74 Å². The highest BCUT2D eigenvalue weighted by Crippen LogP contribution is 2.41. The molecular formula is C28H34N2O3S2. The molecule has 5 nitrogen and oxygen atoms in total. The summed E-state index contributed by atoms with van der Waals surface area (Å²) in [6, 6.07) is 14.3. The lowest BCUT2D eigenvalue weighted by atomic mass is 9.81. The lowest BCUT2D eigenvalue weighted by Crippen LogP contribution is -2.54. The highest BCUT2D eigenvalue weighted by atomic mass is 32.2. The van der Waals surface area contributed by atoms with Gasteiger partial charge in [0.25, 0.3) is 0 Å². The Hall–Kier alpha value is -2.22. The highest BCUT2D eigenvalue weighted by molar-refractivity contribution is 7.89. The van der Waals surface area contributed by atoms with E-state index in [0.717, 1.165) is 61.2 Å². The van der Waals surface area contributed by atoms with Crippen LogP contribution in [0.25, 0.3) is 11.1 Å². The molecule has 2 aromatic carbocycles. The SMILES string of the molecule is CC(C)(C)N1CCC2(CCc3cc(-c4ccc(CS(=O)(=O)Cc5cscn5)cc4)ccc3O2)CC1. The summed E-state index contributed by atoms with van der Waals surface area (Å²) in [5, 5.41) is 1.79. The molecule has 0 bridgehead atoms. The number of piperidine rings is 1. The van der Waals surface area contributed by atoms with Crippen molar-refractivity contribution in [1.29, 1.82) is 0 Å². The number of nitrogens with zero attached hydrogens (tertiary/aromatic N) is 2. The lowest BCUT2D eigenvalue weighted by Gasteiger charge is -2.48. The number of benzene rings is 2. The van der Waals surface area contributed by atoms with Crippen LogP contribution >= 0.6 is 11.3 Å². The fourth-order valence-corrected chi connectivity index (χ4v) is 7.35. The molecule has 0 atom stereocenters. The molecule has 1 saturated heterocycles. The average molecular weight is 511 g/mol. The fourth-order valence-electron chi connectivity index (χ4n) is 5.27. The van der Waals surface area contributed by atoms with E-state index in [9.17, 15) is 8.42 Å². The monoisotopic (exact) mass is 510 g/mol. The van der Waals surface area contributed by atoms with E-state index in [2.05, 4.69) is 48.9 Å². The Bertz CT molecular complexity index is 1270. The molecule has 5 rings (SSSR count). The number of sulfone groups is 1. The van der Waals surface area contributed by atoms with Gasteiger partial charge in [-0.2, -0.15) is 0 Å². The molecule has 0 radical (unpaired) electrons. The molecule has 0 saturated carbocycles. The van der Waals surface area contributed by atoms with Gasteiger partial charge in [0.15, 0.2) is 9.84 Å². The molecule has 2 aliphatic rings. The molecule has 3 heterocycles. The Labute approximate surface area is 213 Å². The number of rotatable bonds is 5. The summed E-state index contributed by atoms with van der Waals surface area (Å²) >= 11 is 1.42. The summed E-state index contributed by atoms with van der Waals surface area (Å²) in [5.74, 6) is 1.03. The molecule has 2 aliphatic heterocycles. The van der Waals surface area contributed by atoms with Gasteiger partial charge in [-0.3, -0.25) is 4.90 Å². The van der Waals surface area contributed by atoms with Gasteiger partial charge >= 0.3 is 0 Å². The van der Waals surface area contributed by atoms with Gasteiger partial charge in [0.05, 0.1) is 22.7 Å². The molecule has 7 heteroatoms. The summed E-state index contributed by atoms with van der Waals surface area (Å²) in [5.41, 5.74) is 6.76. The minimum absolute atomic E-state index is 0.0151. The Kier molecular flexibility index (Phi) is 6.53. The molecule has 0 aliphatic carbocycles. The van der Waals surface area contributed by atoms with Crippen LogP contribution in [0.1, 0.15) is 56.9 Å². The maximum absolute atomic E-state index is 12.5.